The first-order valence-corrected chi connectivity index (χ1v) is 41.5. The first kappa shape index (κ1) is 96.7. The number of allylic oxidation sites excluding steroid dienone is 1. The molecule has 0 aromatic rings. The number of hydrogen-bond acceptors (Lipinski definition) is 28. The van der Waals surface area contributed by atoms with Crippen LogP contribution >= 0.6 is 0 Å². The lowest BCUT2D eigenvalue weighted by Gasteiger charge is -2.50. The molecule has 109 heavy (non-hydrogen) atoms. The molecule has 18 N–H and O–H groups in total. The Kier molecular flexibility index (Phi) is 48.7. The molecule has 0 saturated carbocycles. The van der Waals surface area contributed by atoms with Crippen molar-refractivity contribution in [3.63, 3.8) is 0 Å². The van der Waals surface area contributed by atoms with Crippen molar-refractivity contribution in [2.24, 2.45) is 0 Å². The minimum atomic E-state index is -2.16. The second-order valence-electron chi connectivity index (χ2n) is 30.7. The fourth-order valence-electron chi connectivity index (χ4n) is 15.0. The van der Waals surface area contributed by atoms with E-state index in [1.807, 2.05) is 6.08 Å². The zero-order chi connectivity index (χ0) is 79.6. The standard InChI is InChI=1S/C78H143N3O28/c1-5-7-9-11-13-15-17-19-20-21-22-23-24-25-26-27-28-30-32-34-36-38-40-42-58(90)81-51(52(89)41-39-37-35-33-31-29-18-16-14-12-10-8-6-2)48-100-76-67(97)66(96)71(57(47-86)105-76)107-78-69(99)73(63(93)55(45-84)103-78)109-75-60(80-50(4)88)65(95)70(56(46-85)104-75)106-77-68(98)72(62(92)54(44-83)102-77)108-74-59(79-49(3)87)64(94)61(91)53(43-82)101-74/h39,41,51-57,59-78,82-86,89,91-99H,5-38,40,42-48H2,1-4H3,(H,79,87)(H,80,88)(H,81,90)/b41-39+/t51-,52+,53?,54?,55?,56?,57?,59?,60?,61-,62-,63-,64+,65+,66+,67?,68?,69?,70+,71+,72-,73-,74-,75-,76+,77-,78-/m0/s1. The maximum atomic E-state index is 13.6. The molecule has 3 amide bonds. The Bertz CT molecular complexity index is 2420. The van der Waals surface area contributed by atoms with Gasteiger partial charge in [-0.15, -0.1) is 0 Å². The number of rotatable bonds is 57. The maximum Gasteiger partial charge on any atom is 0.220 e. The van der Waals surface area contributed by atoms with Crippen molar-refractivity contribution >= 4 is 17.7 Å². The first-order valence-electron chi connectivity index (χ1n) is 41.5. The summed E-state index contributed by atoms with van der Waals surface area (Å²) in [4.78, 5) is 38.6. The third kappa shape index (κ3) is 33.0. The van der Waals surface area contributed by atoms with E-state index in [1.165, 1.54) is 161 Å². The van der Waals surface area contributed by atoms with Crippen LogP contribution in [0.25, 0.3) is 0 Å². The molecule has 31 nitrogen and oxygen atoms in total. The Morgan fingerprint density at radius 2 is 0.679 bits per heavy atom. The van der Waals surface area contributed by atoms with Gasteiger partial charge >= 0.3 is 0 Å². The van der Waals surface area contributed by atoms with Crippen molar-refractivity contribution in [3.8, 4) is 0 Å². The summed E-state index contributed by atoms with van der Waals surface area (Å²) in [6, 6.07) is -4.40. The van der Waals surface area contributed by atoms with Crippen LogP contribution in [-0.4, -0.2) is 300 Å². The lowest BCUT2D eigenvalue weighted by Crippen LogP contribution is -2.70. The van der Waals surface area contributed by atoms with Crippen LogP contribution in [0.15, 0.2) is 12.2 Å². The Hall–Kier alpha value is -2.85. The van der Waals surface area contributed by atoms with Gasteiger partial charge in [-0.05, 0) is 19.3 Å². The van der Waals surface area contributed by atoms with E-state index >= 15 is 0 Å². The average Bonchev–Trinajstić information content (AvgIpc) is 0.757. The summed E-state index contributed by atoms with van der Waals surface area (Å²) in [5.74, 6) is -1.89. The number of nitrogens with one attached hydrogen (secondary N) is 3. The summed E-state index contributed by atoms with van der Waals surface area (Å²) in [6.45, 7) is 1.42. The number of ether oxygens (including phenoxy) is 10. The van der Waals surface area contributed by atoms with Crippen molar-refractivity contribution in [2.75, 3.05) is 39.6 Å². The van der Waals surface area contributed by atoms with Gasteiger partial charge in [-0.3, -0.25) is 14.4 Å². The number of unbranched alkanes of at least 4 members (excludes halogenated alkanes) is 33. The molecule has 10 unspecified atom stereocenters. The quantitative estimate of drug-likeness (QED) is 0.0307. The number of amides is 3. The molecular weight excluding hydrogens is 1430 g/mol. The molecule has 0 aromatic heterocycles. The van der Waals surface area contributed by atoms with Crippen LogP contribution in [0.2, 0.25) is 0 Å². The molecule has 5 saturated heterocycles. The predicted octanol–water partition coefficient (Wildman–Crippen LogP) is 2.87. The summed E-state index contributed by atoms with van der Waals surface area (Å²) in [6.07, 6.45) is 1.95. The molecule has 638 valence electrons. The number of hydrogen-bond donors (Lipinski definition) is 18. The summed E-state index contributed by atoms with van der Waals surface area (Å²) in [5.41, 5.74) is 0. The second kappa shape index (κ2) is 54.9. The predicted molar refractivity (Wildman–Crippen MR) is 398 cm³/mol. The molecule has 27 atom stereocenters. The van der Waals surface area contributed by atoms with Crippen LogP contribution in [-0.2, 0) is 61.8 Å². The van der Waals surface area contributed by atoms with Gasteiger partial charge in [-0.25, -0.2) is 0 Å². The number of carbonyl (C=O) groups is 3. The maximum absolute atomic E-state index is 13.6. The molecule has 5 aliphatic rings. The second-order valence-corrected chi connectivity index (χ2v) is 30.7. The van der Waals surface area contributed by atoms with Crippen molar-refractivity contribution in [3.05, 3.63) is 12.2 Å². The van der Waals surface area contributed by atoms with Crippen LogP contribution in [0.4, 0.5) is 0 Å². The summed E-state index contributed by atoms with van der Waals surface area (Å²) in [7, 11) is 0. The molecule has 5 aliphatic heterocycles. The molecule has 31 heteroatoms. The van der Waals surface area contributed by atoms with Crippen LogP contribution < -0.4 is 16.0 Å². The van der Waals surface area contributed by atoms with E-state index in [0.29, 0.717) is 12.8 Å². The van der Waals surface area contributed by atoms with E-state index in [9.17, 15) is 91.0 Å². The lowest BCUT2D eigenvalue weighted by atomic mass is 9.94. The Morgan fingerprint density at radius 1 is 0.358 bits per heavy atom. The largest absolute Gasteiger partial charge is 0.394 e. The third-order valence-electron chi connectivity index (χ3n) is 21.6. The van der Waals surface area contributed by atoms with Gasteiger partial charge in [-0.1, -0.05) is 231 Å². The van der Waals surface area contributed by atoms with E-state index in [1.54, 1.807) is 6.08 Å². The minimum Gasteiger partial charge on any atom is -0.394 e. The van der Waals surface area contributed by atoms with Crippen LogP contribution in [0.5, 0.6) is 0 Å². The summed E-state index contributed by atoms with van der Waals surface area (Å²) in [5, 5.41) is 175. The van der Waals surface area contributed by atoms with Gasteiger partial charge in [0.05, 0.1) is 51.8 Å². The zero-order valence-corrected chi connectivity index (χ0v) is 65.5. The zero-order valence-electron chi connectivity index (χ0n) is 65.5. The van der Waals surface area contributed by atoms with Gasteiger partial charge < -0.3 is 140 Å². The average molecular weight is 1570 g/mol. The van der Waals surface area contributed by atoms with Crippen LogP contribution in [0.1, 0.15) is 259 Å². The Labute approximate surface area is 645 Å². The molecule has 5 heterocycles. The SMILES string of the molecule is CCCCCCCCCCCCC/C=C/[C@@H](O)[C@H](CO[C@@H]1OC(CO)[C@@H](O[C@@H]2OC(CO)[C@H](O)[C@H](O[C@@H]3OC(CO)[C@@H](O[C@@H]4OC(CO)[C@H](O)[C@H](O[C@@H]5OC(CO)[C@H](O)[C@H](O)C5NC(C)=O)C4O)[C@H](O)C3NC(C)=O)C2O)[C@H](O)C1O)NC(=O)CCCCCCCCCCCCCCCCCCCCCCCCC. The van der Waals surface area contributed by atoms with E-state index in [4.69, 9.17) is 47.4 Å². The highest BCUT2D eigenvalue weighted by molar-refractivity contribution is 5.76. The minimum absolute atomic E-state index is 0.191. The Morgan fingerprint density at radius 3 is 1.06 bits per heavy atom. The lowest BCUT2D eigenvalue weighted by molar-refractivity contribution is -0.385. The number of carbonyl (C=O) groups excluding carboxylic acids is 3. The van der Waals surface area contributed by atoms with Crippen LogP contribution in [0, 0.1) is 0 Å². The molecular formula is C78H143N3O28. The molecule has 0 aromatic carbocycles. The van der Waals surface area contributed by atoms with Gasteiger partial charge in [0.1, 0.15) is 122 Å². The normalized spacial score (nSPS) is 33.6. The highest BCUT2D eigenvalue weighted by Crippen LogP contribution is 2.37. The summed E-state index contributed by atoms with van der Waals surface area (Å²) < 4.78 is 59.1. The van der Waals surface area contributed by atoms with Gasteiger partial charge in [0.15, 0.2) is 31.5 Å². The molecule has 0 spiro atoms. The fraction of sp³-hybridized carbons (Fsp3) is 0.936. The molecule has 0 bridgehead atoms. The van der Waals surface area contributed by atoms with Gasteiger partial charge in [0, 0.05) is 20.3 Å². The Balaban J connectivity index is 1.16. The van der Waals surface area contributed by atoms with E-state index < -0.39 is 217 Å². The molecule has 0 aliphatic carbocycles. The third-order valence-corrected chi connectivity index (χ3v) is 21.6. The number of aliphatic hydroxyl groups is 15. The monoisotopic (exact) mass is 1570 g/mol. The van der Waals surface area contributed by atoms with Gasteiger partial charge in [-0.2, -0.15) is 0 Å². The molecule has 5 rings (SSSR count). The van der Waals surface area contributed by atoms with Crippen molar-refractivity contribution in [1.29, 1.82) is 0 Å². The number of aliphatic hydroxyl groups excluding tert-OH is 15. The first-order chi connectivity index (χ1) is 52.6. The van der Waals surface area contributed by atoms with Gasteiger partial charge in [0.25, 0.3) is 0 Å². The van der Waals surface area contributed by atoms with E-state index in [0.717, 1.165) is 65.2 Å². The summed E-state index contributed by atoms with van der Waals surface area (Å²) >= 11 is 0. The van der Waals surface area contributed by atoms with Crippen molar-refractivity contribution < 1.29 is 138 Å². The van der Waals surface area contributed by atoms with E-state index in [-0.39, 0.29) is 12.3 Å². The topological polar surface area (TPSA) is 483 Å². The smallest absolute Gasteiger partial charge is 0.220 e. The van der Waals surface area contributed by atoms with Crippen LogP contribution in [0.3, 0.4) is 0 Å². The van der Waals surface area contributed by atoms with Crippen molar-refractivity contribution in [2.45, 2.75) is 424 Å². The highest BCUT2D eigenvalue weighted by atomic mass is 16.8. The van der Waals surface area contributed by atoms with E-state index in [2.05, 4.69) is 29.8 Å². The molecule has 5 fully saturated rings. The molecule has 0 radical (unpaired) electrons. The van der Waals surface area contributed by atoms with Gasteiger partial charge in [0.2, 0.25) is 17.7 Å². The van der Waals surface area contributed by atoms with Crippen molar-refractivity contribution in [1.82, 2.24) is 16.0 Å². The fourth-order valence-corrected chi connectivity index (χ4v) is 15.0. The highest BCUT2D eigenvalue weighted by Gasteiger charge is 2.57.